The molecule has 0 spiro atoms. The molecule has 1 aromatic rings. The summed E-state index contributed by atoms with van der Waals surface area (Å²) in [5, 5.41) is 8.77. The average molecular weight is 276 g/mol. The minimum Gasteiger partial charge on any atom is -0.493 e. The zero-order chi connectivity index (χ0) is 14.6. The lowest BCUT2D eigenvalue weighted by Gasteiger charge is -2.15. The Labute approximate surface area is 119 Å². The van der Waals surface area contributed by atoms with Crippen LogP contribution in [0.1, 0.15) is 38.2 Å². The van der Waals surface area contributed by atoms with Crippen LogP contribution in [-0.2, 0) is 6.42 Å². The highest BCUT2D eigenvalue weighted by Crippen LogP contribution is 2.48. The van der Waals surface area contributed by atoms with Gasteiger partial charge in [-0.1, -0.05) is 6.92 Å². The van der Waals surface area contributed by atoms with Crippen molar-refractivity contribution in [3.8, 4) is 11.8 Å². The van der Waals surface area contributed by atoms with Crippen LogP contribution in [0.3, 0.4) is 0 Å². The van der Waals surface area contributed by atoms with Gasteiger partial charge in [0, 0.05) is 23.9 Å². The zero-order valence-corrected chi connectivity index (χ0v) is 11.9. The SMILES string of the molecule is CCC(N)Cc1cc(F)cc(OCC2(CC#N)CC2)c1. The van der Waals surface area contributed by atoms with Crippen LogP contribution in [0.5, 0.6) is 5.75 Å². The summed E-state index contributed by atoms with van der Waals surface area (Å²) in [6, 6.07) is 6.98. The lowest BCUT2D eigenvalue weighted by atomic mass is 10.0. The largest absolute Gasteiger partial charge is 0.493 e. The zero-order valence-electron chi connectivity index (χ0n) is 11.9. The molecule has 0 saturated heterocycles. The Hall–Kier alpha value is -1.60. The number of benzene rings is 1. The molecule has 0 amide bonds. The summed E-state index contributed by atoms with van der Waals surface area (Å²) in [7, 11) is 0. The van der Waals surface area contributed by atoms with Crippen LogP contribution in [0.25, 0.3) is 0 Å². The molecule has 1 atom stereocenters. The van der Waals surface area contributed by atoms with Gasteiger partial charge in [0.2, 0.25) is 0 Å². The lowest BCUT2D eigenvalue weighted by molar-refractivity contribution is 0.236. The molecule has 2 rings (SSSR count). The van der Waals surface area contributed by atoms with Crippen molar-refractivity contribution in [2.45, 2.75) is 45.1 Å². The van der Waals surface area contributed by atoms with E-state index in [-0.39, 0.29) is 17.3 Å². The molecule has 1 fully saturated rings. The first-order chi connectivity index (χ1) is 9.57. The van der Waals surface area contributed by atoms with Gasteiger partial charge >= 0.3 is 0 Å². The van der Waals surface area contributed by atoms with Gasteiger partial charge in [-0.3, -0.25) is 0 Å². The van der Waals surface area contributed by atoms with Crippen LogP contribution >= 0.6 is 0 Å². The third-order valence-corrected chi connectivity index (χ3v) is 3.91. The second-order valence-electron chi connectivity index (χ2n) is 5.79. The van der Waals surface area contributed by atoms with Gasteiger partial charge in [0.25, 0.3) is 0 Å². The molecule has 0 radical (unpaired) electrons. The second-order valence-corrected chi connectivity index (χ2v) is 5.79. The van der Waals surface area contributed by atoms with Crippen LogP contribution in [0.2, 0.25) is 0 Å². The van der Waals surface area contributed by atoms with Crippen molar-refractivity contribution >= 4 is 0 Å². The topological polar surface area (TPSA) is 59.0 Å². The molecule has 1 unspecified atom stereocenters. The fourth-order valence-electron chi connectivity index (χ4n) is 2.22. The Bertz CT molecular complexity index is 506. The van der Waals surface area contributed by atoms with Crippen LogP contribution in [0, 0.1) is 22.6 Å². The quantitative estimate of drug-likeness (QED) is 0.832. The summed E-state index contributed by atoms with van der Waals surface area (Å²) in [5.74, 6) is 0.235. The Balaban J connectivity index is 1.99. The number of hydrogen-bond acceptors (Lipinski definition) is 3. The summed E-state index contributed by atoms with van der Waals surface area (Å²) >= 11 is 0. The molecule has 4 heteroatoms. The van der Waals surface area contributed by atoms with Crippen LogP contribution in [-0.4, -0.2) is 12.6 Å². The van der Waals surface area contributed by atoms with Crippen LogP contribution in [0.15, 0.2) is 18.2 Å². The number of nitrogens with zero attached hydrogens (tertiary/aromatic N) is 1. The molecule has 3 nitrogen and oxygen atoms in total. The van der Waals surface area contributed by atoms with Gasteiger partial charge in [0.1, 0.15) is 11.6 Å². The smallest absolute Gasteiger partial charge is 0.127 e. The van der Waals surface area contributed by atoms with E-state index >= 15 is 0 Å². The molecular formula is C16H21FN2O. The number of rotatable bonds is 7. The van der Waals surface area contributed by atoms with E-state index in [0.717, 1.165) is 24.8 Å². The molecule has 1 aromatic carbocycles. The van der Waals surface area contributed by atoms with Crippen LogP contribution < -0.4 is 10.5 Å². The molecule has 1 aliphatic rings. The lowest BCUT2D eigenvalue weighted by Crippen LogP contribution is -2.21. The maximum absolute atomic E-state index is 13.6. The molecule has 1 saturated carbocycles. The van der Waals surface area contributed by atoms with Crippen molar-refractivity contribution in [2.24, 2.45) is 11.1 Å². The van der Waals surface area contributed by atoms with E-state index < -0.39 is 0 Å². The number of halogens is 1. The predicted molar refractivity (Wildman–Crippen MR) is 75.8 cm³/mol. The fraction of sp³-hybridized carbons (Fsp3) is 0.562. The minimum absolute atomic E-state index is 0.00104. The second kappa shape index (κ2) is 6.23. The van der Waals surface area contributed by atoms with E-state index in [1.165, 1.54) is 12.1 Å². The Kier molecular flexibility index (Phi) is 4.61. The number of ether oxygens (including phenoxy) is 1. The summed E-state index contributed by atoms with van der Waals surface area (Å²) in [4.78, 5) is 0. The molecular weight excluding hydrogens is 255 g/mol. The van der Waals surface area contributed by atoms with E-state index in [4.69, 9.17) is 15.7 Å². The monoisotopic (exact) mass is 276 g/mol. The summed E-state index contributed by atoms with van der Waals surface area (Å²) in [6.07, 6.45) is 4.05. The highest BCUT2D eigenvalue weighted by molar-refractivity contribution is 5.30. The van der Waals surface area contributed by atoms with Gasteiger partial charge in [0.05, 0.1) is 12.7 Å². The minimum atomic E-state index is -0.300. The molecule has 0 bridgehead atoms. The van der Waals surface area contributed by atoms with Gasteiger partial charge < -0.3 is 10.5 Å². The number of nitriles is 1. The number of nitrogens with two attached hydrogens (primary N) is 1. The standard InChI is InChI=1S/C16H21FN2O/c1-2-14(19)8-12-7-13(17)10-15(9-12)20-11-16(3-4-16)5-6-18/h7,9-10,14H,2-5,8,11,19H2,1H3. The molecule has 108 valence electrons. The summed E-state index contributed by atoms with van der Waals surface area (Å²) < 4.78 is 19.3. The van der Waals surface area contributed by atoms with Gasteiger partial charge in [-0.25, -0.2) is 4.39 Å². The molecule has 20 heavy (non-hydrogen) atoms. The molecule has 2 N–H and O–H groups in total. The molecule has 0 aromatic heterocycles. The van der Waals surface area contributed by atoms with Gasteiger partial charge in [-0.2, -0.15) is 5.26 Å². The van der Waals surface area contributed by atoms with Crippen molar-refractivity contribution in [1.82, 2.24) is 0 Å². The first-order valence-electron chi connectivity index (χ1n) is 7.12. The van der Waals surface area contributed by atoms with Crippen molar-refractivity contribution in [1.29, 1.82) is 5.26 Å². The van der Waals surface area contributed by atoms with Crippen LogP contribution in [0.4, 0.5) is 4.39 Å². The first kappa shape index (κ1) is 14.8. The Morgan fingerprint density at radius 2 is 2.20 bits per heavy atom. The number of hydrogen-bond donors (Lipinski definition) is 1. The highest BCUT2D eigenvalue weighted by atomic mass is 19.1. The summed E-state index contributed by atoms with van der Waals surface area (Å²) in [5.41, 5.74) is 6.76. The summed E-state index contributed by atoms with van der Waals surface area (Å²) in [6.45, 7) is 2.50. The van der Waals surface area contributed by atoms with E-state index in [0.29, 0.717) is 25.2 Å². The average Bonchev–Trinajstić information content (AvgIpc) is 3.16. The Morgan fingerprint density at radius 3 is 2.80 bits per heavy atom. The van der Waals surface area contributed by atoms with E-state index in [2.05, 4.69) is 6.07 Å². The fourth-order valence-corrected chi connectivity index (χ4v) is 2.22. The van der Waals surface area contributed by atoms with E-state index in [1.54, 1.807) is 0 Å². The first-order valence-corrected chi connectivity index (χ1v) is 7.12. The normalized spacial score (nSPS) is 17.3. The van der Waals surface area contributed by atoms with Gasteiger partial charge in [0.15, 0.2) is 0 Å². The molecule has 0 aliphatic heterocycles. The maximum atomic E-state index is 13.6. The van der Waals surface area contributed by atoms with Gasteiger partial charge in [-0.15, -0.1) is 0 Å². The maximum Gasteiger partial charge on any atom is 0.127 e. The van der Waals surface area contributed by atoms with E-state index in [9.17, 15) is 4.39 Å². The predicted octanol–water partition coefficient (Wildman–Crippen LogP) is 3.18. The highest BCUT2D eigenvalue weighted by Gasteiger charge is 2.43. The van der Waals surface area contributed by atoms with Crippen molar-refractivity contribution in [2.75, 3.05) is 6.61 Å². The Morgan fingerprint density at radius 1 is 1.45 bits per heavy atom. The third-order valence-electron chi connectivity index (χ3n) is 3.91. The van der Waals surface area contributed by atoms with Crippen molar-refractivity contribution in [3.05, 3.63) is 29.6 Å². The van der Waals surface area contributed by atoms with Gasteiger partial charge in [-0.05, 0) is 43.4 Å². The van der Waals surface area contributed by atoms with Crippen molar-refractivity contribution in [3.63, 3.8) is 0 Å². The third kappa shape index (κ3) is 3.94. The van der Waals surface area contributed by atoms with E-state index in [1.807, 2.05) is 13.0 Å². The van der Waals surface area contributed by atoms with Crippen molar-refractivity contribution < 1.29 is 9.13 Å². The molecule has 0 heterocycles. The molecule has 1 aliphatic carbocycles.